The molecular weight excluding hydrogens is 506 g/mol. The number of H-pyrrole nitrogens is 1. The molecule has 0 aliphatic carbocycles. The average molecular weight is 520 g/mol. The van der Waals surface area contributed by atoms with E-state index in [2.05, 4.69) is 30.6 Å². The van der Waals surface area contributed by atoms with Gasteiger partial charge in [-0.05, 0) is 40.5 Å². The molecule has 3 heterocycles. The second kappa shape index (κ2) is 7.88. The van der Waals surface area contributed by atoms with Crippen LogP contribution < -0.4 is 4.72 Å². The van der Waals surface area contributed by atoms with E-state index in [4.69, 9.17) is 11.6 Å². The molecule has 30 heavy (non-hydrogen) atoms. The highest BCUT2D eigenvalue weighted by Crippen LogP contribution is 2.33. The van der Waals surface area contributed by atoms with Gasteiger partial charge >= 0.3 is 10.2 Å². The van der Waals surface area contributed by atoms with E-state index in [1.54, 1.807) is 6.07 Å². The SMILES string of the molecule is O=C(c1c(F)ccc(NS(=O)(=O)N2CCC(F)C2)c1Cl)c1c[nH]c2ncc(Br)cc12. The first-order valence-corrected chi connectivity index (χ1v) is 11.4. The van der Waals surface area contributed by atoms with E-state index in [0.717, 1.165) is 16.4 Å². The van der Waals surface area contributed by atoms with E-state index >= 15 is 0 Å². The van der Waals surface area contributed by atoms with E-state index in [1.807, 2.05) is 0 Å². The summed E-state index contributed by atoms with van der Waals surface area (Å²) < 4.78 is 56.7. The molecule has 158 valence electrons. The molecule has 7 nitrogen and oxygen atoms in total. The van der Waals surface area contributed by atoms with Crippen LogP contribution in [0.1, 0.15) is 22.3 Å². The minimum Gasteiger partial charge on any atom is -0.345 e. The molecule has 0 radical (unpaired) electrons. The first kappa shape index (κ1) is 21.2. The largest absolute Gasteiger partial charge is 0.345 e. The summed E-state index contributed by atoms with van der Waals surface area (Å²) in [6.45, 7) is -0.268. The zero-order chi connectivity index (χ0) is 21.6. The standard InChI is InChI=1S/C18H14BrClF2N4O3S/c19-9-5-11-12(7-24-18(11)23-6-9)17(27)15-13(22)1-2-14(16(15)20)25-30(28,29)26-4-3-10(21)8-26/h1-2,5-7,10,25H,3-4,8H2,(H,23,24). The summed E-state index contributed by atoms with van der Waals surface area (Å²) in [7, 11) is -4.12. The van der Waals surface area contributed by atoms with Crippen LogP contribution in [-0.4, -0.2) is 47.7 Å². The van der Waals surface area contributed by atoms with Gasteiger partial charge in [0.1, 0.15) is 17.6 Å². The van der Waals surface area contributed by atoms with Gasteiger partial charge in [0.2, 0.25) is 0 Å². The predicted octanol–water partition coefficient (Wildman–Crippen LogP) is 4.05. The molecule has 1 saturated heterocycles. The van der Waals surface area contributed by atoms with Crippen molar-refractivity contribution in [1.82, 2.24) is 14.3 Å². The van der Waals surface area contributed by atoms with Crippen LogP contribution in [0.25, 0.3) is 11.0 Å². The van der Waals surface area contributed by atoms with Gasteiger partial charge in [0.25, 0.3) is 0 Å². The fraction of sp³-hybridized carbons (Fsp3) is 0.222. The molecule has 1 aliphatic heterocycles. The monoisotopic (exact) mass is 518 g/mol. The van der Waals surface area contributed by atoms with Crippen LogP contribution in [0.5, 0.6) is 0 Å². The third-order valence-electron chi connectivity index (χ3n) is 4.73. The van der Waals surface area contributed by atoms with Gasteiger partial charge in [-0.1, -0.05) is 11.6 Å². The summed E-state index contributed by atoms with van der Waals surface area (Å²) in [5.41, 5.74) is -0.116. The number of alkyl halides is 1. The number of fused-ring (bicyclic) bond motifs is 1. The Morgan fingerprint density at radius 3 is 2.87 bits per heavy atom. The topological polar surface area (TPSA) is 95.2 Å². The molecule has 2 aromatic heterocycles. The number of hydrogen-bond acceptors (Lipinski definition) is 4. The van der Waals surface area contributed by atoms with E-state index in [1.165, 1.54) is 12.4 Å². The fourth-order valence-corrected chi connectivity index (χ4v) is 5.20. The van der Waals surface area contributed by atoms with Crippen LogP contribution in [0.2, 0.25) is 5.02 Å². The molecular formula is C18H14BrClF2N4O3S. The normalized spacial score (nSPS) is 17.5. The number of anilines is 1. The molecule has 4 rings (SSSR count). The number of rotatable bonds is 5. The number of nitrogens with one attached hydrogen (secondary N) is 2. The summed E-state index contributed by atoms with van der Waals surface area (Å²) in [5.74, 6) is -1.65. The number of hydrogen-bond donors (Lipinski definition) is 2. The zero-order valence-electron chi connectivity index (χ0n) is 15.1. The Labute approximate surface area is 183 Å². The van der Waals surface area contributed by atoms with Gasteiger partial charge in [0.15, 0.2) is 5.78 Å². The van der Waals surface area contributed by atoms with Crippen molar-refractivity contribution in [3.63, 3.8) is 0 Å². The molecule has 1 atom stereocenters. The van der Waals surface area contributed by atoms with Crippen molar-refractivity contribution in [3.8, 4) is 0 Å². The Hall–Kier alpha value is -2.08. The van der Waals surface area contributed by atoms with E-state index < -0.39 is 38.6 Å². The maximum absolute atomic E-state index is 14.6. The molecule has 0 saturated carbocycles. The third kappa shape index (κ3) is 3.82. The smallest absolute Gasteiger partial charge is 0.301 e. The van der Waals surface area contributed by atoms with Crippen LogP contribution in [0, 0.1) is 5.82 Å². The Bertz CT molecular complexity index is 1270. The Morgan fingerprint density at radius 1 is 1.40 bits per heavy atom. The van der Waals surface area contributed by atoms with Crippen molar-refractivity contribution in [2.45, 2.75) is 12.6 Å². The van der Waals surface area contributed by atoms with Crippen LogP contribution in [0.4, 0.5) is 14.5 Å². The lowest BCUT2D eigenvalue weighted by molar-refractivity contribution is 0.103. The minimum atomic E-state index is -4.12. The minimum absolute atomic E-state index is 0.0122. The molecule has 1 fully saturated rings. The third-order valence-corrected chi connectivity index (χ3v) is 7.05. The van der Waals surface area contributed by atoms with Crippen molar-refractivity contribution in [2.24, 2.45) is 0 Å². The predicted molar refractivity (Wildman–Crippen MR) is 112 cm³/mol. The van der Waals surface area contributed by atoms with Gasteiger partial charge < -0.3 is 4.98 Å². The highest BCUT2D eigenvalue weighted by molar-refractivity contribution is 9.10. The summed E-state index contributed by atoms with van der Waals surface area (Å²) in [4.78, 5) is 20.0. The first-order valence-electron chi connectivity index (χ1n) is 8.74. The number of benzene rings is 1. The molecule has 3 aromatic rings. The van der Waals surface area contributed by atoms with Gasteiger partial charge in [0.05, 0.1) is 16.3 Å². The second-order valence-corrected chi connectivity index (χ2v) is 9.68. The van der Waals surface area contributed by atoms with Crippen molar-refractivity contribution in [2.75, 3.05) is 17.8 Å². The number of aromatic amines is 1. The van der Waals surface area contributed by atoms with E-state index in [-0.39, 0.29) is 30.8 Å². The molecule has 2 N–H and O–H groups in total. The number of ketones is 1. The summed E-state index contributed by atoms with van der Waals surface area (Å²) >= 11 is 9.51. The van der Waals surface area contributed by atoms with Gasteiger partial charge in [0, 0.05) is 40.9 Å². The second-order valence-electron chi connectivity index (χ2n) is 6.72. The lowest BCUT2D eigenvalue weighted by atomic mass is 10.0. The molecule has 1 aliphatic rings. The number of carbonyl (C=O) groups excluding carboxylic acids is 1. The van der Waals surface area contributed by atoms with Crippen LogP contribution >= 0.6 is 27.5 Å². The highest BCUT2D eigenvalue weighted by atomic mass is 79.9. The Balaban J connectivity index is 1.72. The summed E-state index contributed by atoms with van der Waals surface area (Å²) in [5, 5.41) is 0.0544. The van der Waals surface area contributed by atoms with Gasteiger partial charge in [-0.3, -0.25) is 9.52 Å². The van der Waals surface area contributed by atoms with Gasteiger partial charge in [-0.15, -0.1) is 0 Å². The first-order chi connectivity index (χ1) is 14.2. The molecule has 12 heteroatoms. The molecule has 1 unspecified atom stereocenters. The maximum Gasteiger partial charge on any atom is 0.301 e. The maximum atomic E-state index is 14.6. The fourth-order valence-electron chi connectivity index (χ4n) is 3.25. The van der Waals surface area contributed by atoms with Crippen LogP contribution in [0.3, 0.4) is 0 Å². The molecule has 0 bridgehead atoms. The van der Waals surface area contributed by atoms with E-state index in [9.17, 15) is 22.0 Å². The summed E-state index contributed by atoms with van der Waals surface area (Å²) in [6, 6.07) is 3.70. The average Bonchev–Trinajstić information content (AvgIpc) is 3.30. The zero-order valence-corrected chi connectivity index (χ0v) is 18.3. The molecule has 0 spiro atoms. The van der Waals surface area contributed by atoms with Crippen LogP contribution in [0.15, 0.2) is 35.1 Å². The van der Waals surface area contributed by atoms with Gasteiger partial charge in [-0.25, -0.2) is 13.8 Å². The molecule has 0 amide bonds. The number of nitrogens with zero attached hydrogens (tertiary/aromatic N) is 2. The summed E-state index contributed by atoms with van der Waals surface area (Å²) in [6.07, 6.45) is 1.75. The van der Waals surface area contributed by atoms with E-state index in [0.29, 0.717) is 15.5 Å². The number of pyridine rings is 1. The van der Waals surface area contributed by atoms with Crippen molar-refractivity contribution >= 4 is 60.2 Å². The van der Waals surface area contributed by atoms with Crippen LogP contribution in [-0.2, 0) is 10.2 Å². The highest BCUT2D eigenvalue weighted by Gasteiger charge is 2.32. The van der Waals surface area contributed by atoms with Crippen molar-refractivity contribution in [3.05, 3.63) is 57.0 Å². The lowest BCUT2D eigenvalue weighted by Gasteiger charge is -2.18. The molecule has 1 aromatic carbocycles. The number of aromatic nitrogens is 2. The quantitative estimate of drug-likeness (QED) is 0.497. The van der Waals surface area contributed by atoms with Crippen molar-refractivity contribution < 1.29 is 22.0 Å². The lowest BCUT2D eigenvalue weighted by Crippen LogP contribution is -2.34. The number of halogens is 4. The van der Waals surface area contributed by atoms with Gasteiger partial charge in [-0.2, -0.15) is 12.7 Å². The Kier molecular flexibility index (Phi) is 5.56. The number of carbonyl (C=O) groups is 1. The van der Waals surface area contributed by atoms with Crippen molar-refractivity contribution in [1.29, 1.82) is 0 Å². The Morgan fingerprint density at radius 2 is 2.17 bits per heavy atom.